The molecule has 104 valence electrons. The van der Waals surface area contributed by atoms with E-state index in [0.29, 0.717) is 0 Å². The van der Waals surface area contributed by atoms with Crippen LogP contribution in [0.5, 0.6) is 0 Å². The fourth-order valence-electron chi connectivity index (χ4n) is 2.25. The lowest BCUT2D eigenvalue weighted by atomic mass is 10.2. The Hall–Kier alpha value is -1.32. The van der Waals surface area contributed by atoms with Gasteiger partial charge in [0.1, 0.15) is 0 Å². The molecule has 1 heterocycles. The highest BCUT2D eigenvalue weighted by molar-refractivity contribution is 5.55. The van der Waals surface area contributed by atoms with E-state index in [9.17, 15) is 0 Å². The maximum Gasteiger partial charge on any atom is 0.0361 e. The van der Waals surface area contributed by atoms with E-state index in [2.05, 4.69) is 72.3 Å². The average molecular weight is 259 g/mol. The summed E-state index contributed by atoms with van der Waals surface area (Å²) in [4.78, 5) is 7.02. The number of rotatable bonds is 4. The predicted octanol–water partition coefficient (Wildman–Crippen LogP) is 2.01. The molecule has 0 aliphatic carbocycles. The number of hydrogen-bond donors (Lipinski definition) is 0. The van der Waals surface area contributed by atoms with Gasteiger partial charge >= 0.3 is 0 Å². The van der Waals surface area contributed by atoms with Gasteiger partial charge in [-0.05, 0) is 24.7 Å². The Morgan fingerprint density at radius 1 is 1.05 bits per heavy atom. The van der Waals surface area contributed by atoms with Crippen molar-refractivity contribution in [1.82, 2.24) is 9.80 Å². The molecule has 0 unspecified atom stereocenters. The van der Waals surface area contributed by atoms with Crippen LogP contribution in [-0.2, 0) is 0 Å². The molecular weight excluding hydrogens is 234 g/mol. The molecule has 0 atom stereocenters. The van der Waals surface area contributed by atoms with Crippen molar-refractivity contribution in [2.24, 2.45) is 0 Å². The molecule has 0 saturated carbocycles. The second-order valence-corrected chi connectivity index (χ2v) is 5.49. The van der Waals surface area contributed by atoms with Crippen molar-refractivity contribution >= 4 is 11.8 Å². The van der Waals surface area contributed by atoms with Crippen LogP contribution in [0.1, 0.15) is 5.56 Å². The number of hydrogen-bond acceptors (Lipinski definition) is 3. The van der Waals surface area contributed by atoms with Crippen LogP contribution in [0.15, 0.2) is 30.3 Å². The van der Waals surface area contributed by atoms with Crippen molar-refractivity contribution in [3.8, 4) is 0 Å². The maximum absolute atomic E-state index is 2.50. The van der Waals surface area contributed by atoms with Crippen LogP contribution in [0.4, 0.5) is 5.69 Å². The minimum absolute atomic E-state index is 1.06. The fourth-order valence-corrected chi connectivity index (χ4v) is 2.25. The van der Waals surface area contributed by atoms with Crippen LogP contribution in [0.2, 0.25) is 0 Å². The first-order valence-corrected chi connectivity index (χ1v) is 7.00. The fraction of sp³-hybridized carbons (Fsp3) is 0.500. The first-order chi connectivity index (χ1) is 9.15. The summed E-state index contributed by atoms with van der Waals surface area (Å²) in [7, 11) is 6.33. The molecule has 1 saturated heterocycles. The predicted molar refractivity (Wildman–Crippen MR) is 83.7 cm³/mol. The van der Waals surface area contributed by atoms with Crippen molar-refractivity contribution in [3.05, 3.63) is 35.9 Å². The highest BCUT2D eigenvalue weighted by atomic mass is 15.2. The summed E-state index contributed by atoms with van der Waals surface area (Å²) in [5.74, 6) is 0. The molecule has 1 aliphatic rings. The van der Waals surface area contributed by atoms with E-state index in [1.807, 2.05) is 0 Å². The Balaban J connectivity index is 1.82. The zero-order valence-electron chi connectivity index (χ0n) is 12.3. The van der Waals surface area contributed by atoms with Crippen LogP contribution in [-0.4, -0.2) is 63.7 Å². The molecule has 1 fully saturated rings. The Labute approximate surface area is 117 Å². The van der Waals surface area contributed by atoms with E-state index in [4.69, 9.17) is 0 Å². The topological polar surface area (TPSA) is 9.72 Å². The van der Waals surface area contributed by atoms with Crippen LogP contribution in [0, 0.1) is 0 Å². The lowest BCUT2D eigenvalue weighted by Crippen LogP contribution is -2.44. The van der Waals surface area contributed by atoms with Gasteiger partial charge in [0.05, 0.1) is 0 Å². The molecule has 1 aromatic carbocycles. The van der Waals surface area contributed by atoms with Gasteiger partial charge in [0.15, 0.2) is 0 Å². The SMILES string of the molecule is CN1CCN(CC=Cc2ccc(N(C)C)cc2)CC1. The van der Waals surface area contributed by atoms with Crippen LogP contribution in [0.3, 0.4) is 0 Å². The minimum atomic E-state index is 1.06. The number of nitrogens with zero attached hydrogens (tertiary/aromatic N) is 3. The highest BCUT2D eigenvalue weighted by Crippen LogP contribution is 2.13. The standard InChI is InChI=1S/C16H25N3/c1-17(2)16-8-6-15(7-9-16)5-4-10-19-13-11-18(3)12-14-19/h4-9H,10-14H2,1-3H3. The normalized spacial score (nSPS) is 18.1. The third kappa shape index (κ3) is 4.37. The number of likely N-dealkylation sites (N-methyl/N-ethyl adjacent to an activating group) is 1. The second kappa shape index (κ2) is 6.73. The summed E-state index contributed by atoms with van der Waals surface area (Å²) in [6.45, 7) is 5.79. The van der Waals surface area contributed by atoms with Gasteiger partial charge in [0.2, 0.25) is 0 Å². The molecule has 2 rings (SSSR count). The van der Waals surface area contributed by atoms with Crippen molar-refractivity contribution < 1.29 is 0 Å². The summed E-state index contributed by atoms with van der Waals surface area (Å²) < 4.78 is 0. The Kier molecular flexibility index (Phi) is 5.00. The summed E-state index contributed by atoms with van der Waals surface area (Å²) >= 11 is 0. The summed E-state index contributed by atoms with van der Waals surface area (Å²) in [5, 5.41) is 0. The van der Waals surface area contributed by atoms with Gasteiger partial charge in [0.25, 0.3) is 0 Å². The molecule has 3 heteroatoms. The molecule has 1 aliphatic heterocycles. The van der Waals surface area contributed by atoms with E-state index in [-0.39, 0.29) is 0 Å². The molecule has 0 aromatic heterocycles. The van der Waals surface area contributed by atoms with E-state index in [1.165, 1.54) is 37.4 Å². The molecule has 0 amide bonds. The molecular formula is C16H25N3. The van der Waals surface area contributed by atoms with Crippen LogP contribution < -0.4 is 4.90 Å². The van der Waals surface area contributed by atoms with E-state index in [0.717, 1.165) is 6.54 Å². The minimum Gasteiger partial charge on any atom is -0.378 e. The van der Waals surface area contributed by atoms with Crippen LogP contribution >= 0.6 is 0 Å². The first-order valence-electron chi connectivity index (χ1n) is 7.00. The third-order valence-corrected chi connectivity index (χ3v) is 3.68. The Morgan fingerprint density at radius 2 is 1.68 bits per heavy atom. The number of benzene rings is 1. The zero-order chi connectivity index (χ0) is 13.7. The second-order valence-electron chi connectivity index (χ2n) is 5.49. The summed E-state index contributed by atoms with van der Waals surface area (Å²) in [6.07, 6.45) is 4.49. The van der Waals surface area contributed by atoms with Crippen molar-refractivity contribution in [2.75, 3.05) is 58.8 Å². The van der Waals surface area contributed by atoms with Gasteiger partial charge in [-0.1, -0.05) is 24.3 Å². The molecule has 19 heavy (non-hydrogen) atoms. The molecule has 0 spiro atoms. The van der Waals surface area contributed by atoms with Crippen molar-refractivity contribution in [3.63, 3.8) is 0 Å². The zero-order valence-corrected chi connectivity index (χ0v) is 12.3. The largest absolute Gasteiger partial charge is 0.378 e. The lowest BCUT2D eigenvalue weighted by molar-refractivity contribution is 0.167. The summed E-state index contributed by atoms with van der Waals surface area (Å²) in [6, 6.07) is 8.68. The monoisotopic (exact) mass is 259 g/mol. The van der Waals surface area contributed by atoms with Crippen molar-refractivity contribution in [2.45, 2.75) is 0 Å². The number of piperazine rings is 1. The van der Waals surface area contributed by atoms with E-state index >= 15 is 0 Å². The van der Waals surface area contributed by atoms with Gasteiger partial charge < -0.3 is 9.80 Å². The van der Waals surface area contributed by atoms with Gasteiger partial charge in [-0.15, -0.1) is 0 Å². The quantitative estimate of drug-likeness (QED) is 0.819. The molecule has 0 N–H and O–H groups in total. The van der Waals surface area contributed by atoms with Crippen LogP contribution in [0.25, 0.3) is 6.08 Å². The molecule has 1 aromatic rings. The van der Waals surface area contributed by atoms with Gasteiger partial charge in [0, 0.05) is 52.5 Å². The summed E-state index contributed by atoms with van der Waals surface area (Å²) in [5.41, 5.74) is 2.52. The van der Waals surface area contributed by atoms with Crippen molar-refractivity contribution in [1.29, 1.82) is 0 Å². The van der Waals surface area contributed by atoms with Gasteiger partial charge in [-0.2, -0.15) is 0 Å². The first kappa shape index (κ1) is 14.1. The molecule has 3 nitrogen and oxygen atoms in total. The Morgan fingerprint density at radius 3 is 2.26 bits per heavy atom. The smallest absolute Gasteiger partial charge is 0.0361 e. The van der Waals surface area contributed by atoms with Gasteiger partial charge in [-0.3, -0.25) is 4.90 Å². The molecule has 0 bridgehead atoms. The van der Waals surface area contributed by atoms with E-state index in [1.54, 1.807) is 0 Å². The van der Waals surface area contributed by atoms with E-state index < -0.39 is 0 Å². The molecule has 0 radical (unpaired) electrons. The lowest BCUT2D eigenvalue weighted by Gasteiger charge is -2.31. The third-order valence-electron chi connectivity index (χ3n) is 3.68. The van der Waals surface area contributed by atoms with Gasteiger partial charge in [-0.25, -0.2) is 0 Å². The Bertz CT molecular complexity index is 401. The highest BCUT2D eigenvalue weighted by Gasteiger charge is 2.11. The maximum atomic E-state index is 2.50. The number of anilines is 1. The average Bonchev–Trinajstić information content (AvgIpc) is 2.41.